The zero-order valence-electron chi connectivity index (χ0n) is 18.1. The van der Waals surface area contributed by atoms with Crippen LogP contribution < -0.4 is 5.32 Å². The fourth-order valence-electron chi connectivity index (χ4n) is 5.03. The number of para-hydroxylation sites is 2. The van der Waals surface area contributed by atoms with E-state index >= 15 is 0 Å². The van der Waals surface area contributed by atoms with Crippen molar-refractivity contribution < 1.29 is 9.59 Å². The van der Waals surface area contributed by atoms with Crippen LogP contribution in [0.3, 0.4) is 0 Å². The van der Waals surface area contributed by atoms with Gasteiger partial charge in [0.15, 0.2) is 0 Å². The molecule has 4 rings (SSSR count). The van der Waals surface area contributed by atoms with Crippen molar-refractivity contribution in [3.63, 3.8) is 0 Å². The Bertz CT molecular complexity index is 878. The first-order valence-corrected chi connectivity index (χ1v) is 11.6. The third-order valence-corrected chi connectivity index (χ3v) is 6.94. The average Bonchev–Trinajstić information content (AvgIpc) is 3.15. The molecule has 1 N–H and O–H groups in total. The van der Waals surface area contributed by atoms with Gasteiger partial charge >= 0.3 is 0 Å². The molecule has 1 aromatic heterocycles. The number of hydrogen-bond acceptors (Lipinski definition) is 3. The Labute approximate surface area is 179 Å². The number of rotatable bonds is 6. The lowest BCUT2D eigenvalue weighted by molar-refractivity contribution is -0.133. The molecule has 0 radical (unpaired) electrons. The first-order valence-electron chi connectivity index (χ1n) is 11.6. The normalized spacial score (nSPS) is 18.4. The number of hydrogen-bond donors (Lipinski definition) is 1. The van der Waals surface area contributed by atoms with Crippen LogP contribution >= 0.6 is 0 Å². The van der Waals surface area contributed by atoms with Gasteiger partial charge in [0.25, 0.3) is 0 Å². The Morgan fingerprint density at radius 1 is 1.03 bits per heavy atom. The first-order chi connectivity index (χ1) is 14.6. The Morgan fingerprint density at radius 3 is 2.43 bits per heavy atom. The van der Waals surface area contributed by atoms with E-state index in [4.69, 9.17) is 4.98 Å². The molecular formula is C24H34N4O2. The maximum Gasteiger partial charge on any atom is 0.242 e. The van der Waals surface area contributed by atoms with Crippen LogP contribution in [0.2, 0.25) is 0 Å². The highest BCUT2D eigenvalue weighted by atomic mass is 16.2. The van der Waals surface area contributed by atoms with Gasteiger partial charge < -0.3 is 14.8 Å². The summed E-state index contributed by atoms with van der Waals surface area (Å²) in [6.45, 7) is 0.632. The zero-order valence-corrected chi connectivity index (χ0v) is 18.1. The quantitative estimate of drug-likeness (QED) is 0.782. The molecule has 0 atom stereocenters. The lowest BCUT2D eigenvalue weighted by Crippen LogP contribution is -2.40. The Hall–Kier alpha value is -2.37. The molecule has 162 valence electrons. The van der Waals surface area contributed by atoms with Gasteiger partial charge in [-0.1, -0.05) is 50.7 Å². The molecule has 2 saturated carbocycles. The van der Waals surface area contributed by atoms with Gasteiger partial charge in [0, 0.05) is 19.0 Å². The number of carbonyl (C=O) groups excluding carboxylic acids is 2. The largest absolute Gasteiger partial charge is 0.349 e. The Morgan fingerprint density at radius 2 is 1.70 bits per heavy atom. The number of carbonyl (C=O) groups is 2. The van der Waals surface area contributed by atoms with E-state index in [-0.39, 0.29) is 24.3 Å². The van der Waals surface area contributed by atoms with E-state index in [1.54, 1.807) is 0 Å². The van der Waals surface area contributed by atoms with Crippen LogP contribution in [0.25, 0.3) is 11.0 Å². The molecule has 1 heterocycles. The topological polar surface area (TPSA) is 67.2 Å². The van der Waals surface area contributed by atoms with Gasteiger partial charge in [-0.15, -0.1) is 0 Å². The summed E-state index contributed by atoms with van der Waals surface area (Å²) in [4.78, 5) is 32.4. The number of amides is 2. The van der Waals surface area contributed by atoms with Crippen LogP contribution in [0.5, 0.6) is 0 Å². The zero-order chi connectivity index (χ0) is 20.9. The second-order valence-electron chi connectivity index (χ2n) is 8.95. The smallest absolute Gasteiger partial charge is 0.242 e. The highest BCUT2D eigenvalue weighted by Crippen LogP contribution is 2.25. The number of aromatic nitrogens is 2. The number of benzene rings is 1. The summed E-state index contributed by atoms with van der Waals surface area (Å²) in [5.41, 5.74) is 1.82. The summed E-state index contributed by atoms with van der Waals surface area (Å²) < 4.78 is 1.98. The SMILES string of the molecule is CN(C(=O)Cn1c(CNC(=O)C2CCCCC2)nc2ccccc21)C1CCCCC1. The molecule has 2 aliphatic rings. The third-order valence-electron chi connectivity index (χ3n) is 6.94. The van der Waals surface area contributed by atoms with Crippen molar-refractivity contribution in [2.24, 2.45) is 5.92 Å². The number of nitrogens with one attached hydrogen (secondary N) is 1. The minimum Gasteiger partial charge on any atom is -0.349 e. The monoisotopic (exact) mass is 410 g/mol. The van der Waals surface area contributed by atoms with Crippen LogP contribution in [-0.2, 0) is 22.7 Å². The van der Waals surface area contributed by atoms with Crippen molar-refractivity contribution >= 4 is 22.8 Å². The molecule has 2 aliphatic carbocycles. The van der Waals surface area contributed by atoms with Gasteiger partial charge in [0.1, 0.15) is 12.4 Å². The summed E-state index contributed by atoms with van der Waals surface area (Å²) in [6, 6.07) is 8.24. The van der Waals surface area contributed by atoms with Gasteiger partial charge in [0.05, 0.1) is 17.6 Å². The third kappa shape index (κ3) is 4.68. The summed E-state index contributed by atoms with van der Waals surface area (Å²) in [6.07, 6.45) is 11.3. The highest BCUT2D eigenvalue weighted by Gasteiger charge is 2.25. The van der Waals surface area contributed by atoms with Crippen LogP contribution in [0, 0.1) is 5.92 Å². The van der Waals surface area contributed by atoms with Crippen molar-refractivity contribution in [2.45, 2.75) is 83.3 Å². The summed E-state index contributed by atoms with van der Waals surface area (Å²) >= 11 is 0. The van der Waals surface area contributed by atoms with Crippen LogP contribution in [0.1, 0.15) is 70.0 Å². The minimum atomic E-state index is 0.116. The number of fused-ring (bicyclic) bond motifs is 1. The molecule has 2 fully saturated rings. The van der Waals surface area contributed by atoms with Gasteiger partial charge in [-0.3, -0.25) is 9.59 Å². The second-order valence-corrected chi connectivity index (χ2v) is 8.95. The lowest BCUT2D eigenvalue weighted by Gasteiger charge is -2.31. The van der Waals surface area contributed by atoms with Gasteiger partial charge in [-0.2, -0.15) is 0 Å². The van der Waals surface area contributed by atoms with Crippen molar-refractivity contribution in [3.05, 3.63) is 30.1 Å². The molecule has 0 unspecified atom stereocenters. The second kappa shape index (κ2) is 9.63. The van der Waals surface area contributed by atoms with E-state index in [0.717, 1.165) is 55.4 Å². The van der Waals surface area contributed by atoms with Gasteiger partial charge in [-0.25, -0.2) is 4.98 Å². The van der Waals surface area contributed by atoms with E-state index in [9.17, 15) is 9.59 Å². The molecule has 0 bridgehead atoms. The summed E-state index contributed by atoms with van der Waals surface area (Å²) in [5, 5.41) is 3.09. The summed E-state index contributed by atoms with van der Waals surface area (Å²) in [7, 11) is 1.93. The van der Waals surface area contributed by atoms with E-state index in [1.165, 1.54) is 25.7 Å². The molecule has 0 aliphatic heterocycles. The maximum absolute atomic E-state index is 13.1. The summed E-state index contributed by atoms with van der Waals surface area (Å²) in [5.74, 6) is 1.12. The van der Waals surface area contributed by atoms with Crippen molar-refractivity contribution in [1.82, 2.24) is 19.8 Å². The standard InChI is InChI=1S/C24H34N4O2/c1-27(19-12-6-3-7-13-19)23(29)17-28-21-15-9-8-14-20(21)26-22(28)16-25-24(30)18-10-4-2-5-11-18/h8-9,14-15,18-19H,2-7,10-13,16-17H2,1H3,(H,25,30). The van der Waals surface area contributed by atoms with Crippen LogP contribution in [0.15, 0.2) is 24.3 Å². The molecule has 6 heteroatoms. The van der Waals surface area contributed by atoms with E-state index in [0.29, 0.717) is 12.6 Å². The predicted octanol–water partition coefficient (Wildman–Crippen LogP) is 4.02. The predicted molar refractivity (Wildman–Crippen MR) is 118 cm³/mol. The molecule has 0 spiro atoms. The van der Waals surface area contributed by atoms with Gasteiger partial charge in [-0.05, 0) is 37.8 Å². The van der Waals surface area contributed by atoms with Gasteiger partial charge in [0.2, 0.25) is 11.8 Å². The molecule has 30 heavy (non-hydrogen) atoms. The van der Waals surface area contributed by atoms with Crippen molar-refractivity contribution in [1.29, 1.82) is 0 Å². The van der Waals surface area contributed by atoms with Crippen LogP contribution in [0.4, 0.5) is 0 Å². The average molecular weight is 411 g/mol. The first kappa shape index (κ1) is 20.9. The number of imidazole rings is 1. The van der Waals surface area contributed by atoms with Crippen LogP contribution in [-0.4, -0.2) is 39.4 Å². The molecule has 1 aromatic carbocycles. The molecule has 0 saturated heterocycles. The number of nitrogens with zero attached hydrogens (tertiary/aromatic N) is 3. The van der Waals surface area contributed by atoms with Crippen molar-refractivity contribution in [2.75, 3.05) is 7.05 Å². The van der Waals surface area contributed by atoms with E-state index in [1.807, 2.05) is 40.8 Å². The van der Waals surface area contributed by atoms with E-state index in [2.05, 4.69) is 5.32 Å². The fourth-order valence-corrected chi connectivity index (χ4v) is 5.03. The Balaban J connectivity index is 1.48. The van der Waals surface area contributed by atoms with Crippen molar-refractivity contribution in [3.8, 4) is 0 Å². The fraction of sp³-hybridized carbons (Fsp3) is 0.625. The molecule has 2 amide bonds. The molecule has 2 aromatic rings. The Kier molecular flexibility index (Phi) is 6.70. The molecular weight excluding hydrogens is 376 g/mol. The maximum atomic E-state index is 13.1. The van der Waals surface area contributed by atoms with E-state index < -0.39 is 0 Å². The highest BCUT2D eigenvalue weighted by molar-refractivity contribution is 5.82. The minimum absolute atomic E-state index is 0.116. The number of likely N-dealkylation sites (N-methyl/N-ethyl adjacent to an activating group) is 1. The lowest BCUT2D eigenvalue weighted by atomic mass is 9.89. The molecule has 6 nitrogen and oxygen atoms in total.